The van der Waals surface area contributed by atoms with Crippen LogP contribution in [0, 0.1) is 13.8 Å². The monoisotopic (exact) mass is 391 g/mol. The van der Waals surface area contributed by atoms with Crippen LogP contribution in [-0.4, -0.2) is 34.9 Å². The number of aromatic nitrogens is 2. The van der Waals surface area contributed by atoms with Gasteiger partial charge in [0.05, 0.1) is 28.5 Å². The minimum absolute atomic E-state index is 0.0501. The van der Waals surface area contributed by atoms with Gasteiger partial charge in [0.25, 0.3) is 5.91 Å². The molecule has 1 fully saturated rings. The number of rotatable bonds is 5. The Morgan fingerprint density at radius 3 is 2.71 bits per heavy atom. The van der Waals surface area contributed by atoms with Crippen molar-refractivity contribution in [3.05, 3.63) is 51.3 Å². The largest absolute Gasteiger partial charge is 0.376 e. The van der Waals surface area contributed by atoms with Gasteiger partial charge in [-0.15, -0.1) is 0 Å². The first kappa shape index (κ1) is 17.2. The average Bonchev–Trinajstić information content (AvgIpc) is 3.19. The van der Waals surface area contributed by atoms with Gasteiger partial charge in [0, 0.05) is 18.7 Å². The normalized spacial score (nSPS) is 17.2. The van der Waals surface area contributed by atoms with Crippen LogP contribution in [0.4, 0.5) is 0 Å². The molecule has 1 amide bonds. The van der Waals surface area contributed by atoms with E-state index in [-0.39, 0.29) is 12.0 Å². The highest BCUT2D eigenvalue weighted by Gasteiger charge is 2.16. The summed E-state index contributed by atoms with van der Waals surface area (Å²) in [7, 11) is 0. The standard InChI is InChI=1S/C18H22BrN3O2/c1-12-17(19)13(2)22(21-12)11-14-5-7-15(8-6-14)18(23)20-10-16-4-3-9-24-16/h5-8,16H,3-4,9-11H2,1-2H3,(H,20,23). The molecule has 128 valence electrons. The van der Waals surface area contributed by atoms with Gasteiger partial charge in [-0.3, -0.25) is 9.48 Å². The smallest absolute Gasteiger partial charge is 0.251 e. The zero-order chi connectivity index (χ0) is 17.1. The van der Waals surface area contributed by atoms with E-state index < -0.39 is 0 Å². The highest BCUT2D eigenvalue weighted by atomic mass is 79.9. The fraction of sp³-hybridized carbons (Fsp3) is 0.444. The van der Waals surface area contributed by atoms with Crippen molar-refractivity contribution >= 4 is 21.8 Å². The quantitative estimate of drug-likeness (QED) is 0.850. The summed E-state index contributed by atoms with van der Waals surface area (Å²) in [6.45, 7) is 6.10. The molecule has 1 aliphatic rings. The summed E-state index contributed by atoms with van der Waals surface area (Å²) in [5, 5.41) is 7.45. The maximum Gasteiger partial charge on any atom is 0.251 e. The Morgan fingerprint density at radius 2 is 2.12 bits per heavy atom. The number of ether oxygens (including phenoxy) is 1. The van der Waals surface area contributed by atoms with E-state index in [1.807, 2.05) is 42.8 Å². The van der Waals surface area contributed by atoms with Gasteiger partial charge < -0.3 is 10.1 Å². The van der Waals surface area contributed by atoms with Gasteiger partial charge in [0.2, 0.25) is 0 Å². The predicted molar refractivity (Wildman–Crippen MR) is 96.3 cm³/mol. The molecule has 24 heavy (non-hydrogen) atoms. The number of carbonyl (C=O) groups is 1. The van der Waals surface area contributed by atoms with Crippen molar-refractivity contribution in [3.8, 4) is 0 Å². The zero-order valence-corrected chi connectivity index (χ0v) is 15.6. The number of benzene rings is 1. The number of carbonyl (C=O) groups excluding carboxylic acids is 1. The Morgan fingerprint density at radius 1 is 1.38 bits per heavy atom. The maximum atomic E-state index is 12.2. The van der Waals surface area contributed by atoms with Crippen LogP contribution in [0.5, 0.6) is 0 Å². The third-order valence-electron chi connectivity index (χ3n) is 4.36. The summed E-state index contributed by atoms with van der Waals surface area (Å²) in [6, 6.07) is 7.68. The van der Waals surface area contributed by atoms with Crippen LogP contribution < -0.4 is 5.32 Å². The molecule has 0 spiro atoms. The van der Waals surface area contributed by atoms with Crippen molar-refractivity contribution in [3.63, 3.8) is 0 Å². The topological polar surface area (TPSA) is 56.2 Å². The number of hydrogen-bond acceptors (Lipinski definition) is 3. The Labute approximate surface area is 150 Å². The van der Waals surface area contributed by atoms with Crippen LogP contribution in [0.3, 0.4) is 0 Å². The SMILES string of the molecule is Cc1nn(Cc2ccc(C(=O)NCC3CCCO3)cc2)c(C)c1Br. The fourth-order valence-electron chi connectivity index (χ4n) is 2.88. The molecule has 0 bridgehead atoms. The predicted octanol–water partition coefficient (Wildman–Crippen LogP) is 3.22. The first-order chi connectivity index (χ1) is 11.5. The Kier molecular flexibility index (Phi) is 5.36. The number of nitrogens with one attached hydrogen (secondary N) is 1. The van der Waals surface area contributed by atoms with E-state index in [9.17, 15) is 4.79 Å². The number of nitrogens with zero attached hydrogens (tertiary/aromatic N) is 2. The molecule has 1 aliphatic heterocycles. The first-order valence-electron chi connectivity index (χ1n) is 8.23. The highest BCUT2D eigenvalue weighted by Crippen LogP contribution is 2.20. The minimum atomic E-state index is -0.0501. The summed E-state index contributed by atoms with van der Waals surface area (Å²) in [4.78, 5) is 12.2. The first-order valence-corrected chi connectivity index (χ1v) is 9.02. The molecule has 0 aliphatic carbocycles. The van der Waals surface area contributed by atoms with Crippen molar-refractivity contribution in [2.45, 2.75) is 39.3 Å². The van der Waals surface area contributed by atoms with Crippen LogP contribution in [0.1, 0.15) is 40.2 Å². The van der Waals surface area contributed by atoms with E-state index >= 15 is 0 Å². The van der Waals surface area contributed by atoms with Crippen LogP contribution in [0.25, 0.3) is 0 Å². The molecular formula is C18H22BrN3O2. The third-order valence-corrected chi connectivity index (χ3v) is 5.50. The lowest BCUT2D eigenvalue weighted by Crippen LogP contribution is -2.31. The summed E-state index contributed by atoms with van der Waals surface area (Å²) in [5.74, 6) is -0.0501. The van der Waals surface area contributed by atoms with E-state index in [4.69, 9.17) is 4.74 Å². The second kappa shape index (κ2) is 7.49. The summed E-state index contributed by atoms with van der Waals surface area (Å²) in [6.07, 6.45) is 2.27. The van der Waals surface area contributed by atoms with E-state index in [2.05, 4.69) is 26.3 Å². The molecule has 1 atom stereocenters. The van der Waals surface area contributed by atoms with Gasteiger partial charge in [0.1, 0.15) is 0 Å². The summed E-state index contributed by atoms with van der Waals surface area (Å²) < 4.78 is 8.53. The average molecular weight is 392 g/mol. The van der Waals surface area contributed by atoms with Gasteiger partial charge in [-0.1, -0.05) is 12.1 Å². The molecule has 1 unspecified atom stereocenters. The van der Waals surface area contributed by atoms with Gasteiger partial charge in [-0.25, -0.2) is 0 Å². The highest BCUT2D eigenvalue weighted by molar-refractivity contribution is 9.10. The number of aryl methyl sites for hydroxylation is 1. The Balaban J connectivity index is 1.60. The molecule has 1 aromatic carbocycles. The molecule has 2 aromatic rings. The van der Waals surface area contributed by atoms with E-state index in [0.717, 1.165) is 40.9 Å². The van der Waals surface area contributed by atoms with Crippen LogP contribution in [0.15, 0.2) is 28.7 Å². The lowest BCUT2D eigenvalue weighted by molar-refractivity contribution is 0.0858. The molecular weight excluding hydrogens is 370 g/mol. The zero-order valence-electron chi connectivity index (χ0n) is 14.0. The minimum Gasteiger partial charge on any atom is -0.376 e. The second-order valence-electron chi connectivity index (χ2n) is 6.18. The number of hydrogen-bond donors (Lipinski definition) is 1. The maximum absolute atomic E-state index is 12.2. The molecule has 0 radical (unpaired) electrons. The molecule has 0 saturated carbocycles. The van der Waals surface area contributed by atoms with Crippen molar-refractivity contribution in [1.82, 2.24) is 15.1 Å². The van der Waals surface area contributed by atoms with E-state index in [1.165, 1.54) is 0 Å². The van der Waals surface area contributed by atoms with Crippen LogP contribution in [-0.2, 0) is 11.3 Å². The van der Waals surface area contributed by atoms with Crippen molar-refractivity contribution in [2.24, 2.45) is 0 Å². The molecule has 1 saturated heterocycles. The molecule has 1 N–H and O–H groups in total. The molecule has 1 aromatic heterocycles. The third kappa shape index (κ3) is 3.87. The van der Waals surface area contributed by atoms with E-state index in [0.29, 0.717) is 18.7 Å². The summed E-state index contributed by atoms with van der Waals surface area (Å²) in [5.41, 5.74) is 3.87. The van der Waals surface area contributed by atoms with Crippen molar-refractivity contribution in [1.29, 1.82) is 0 Å². The van der Waals surface area contributed by atoms with Crippen LogP contribution >= 0.6 is 15.9 Å². The number of halogens is 1. The van der Waals surface area contributed by atoms with Gasteiger partial charge in [-0.05, 0) is 60.3 Å². The lowest BCUT2D eigenvalue weighted by Gasteiger charge is -2.11. The van der Waals surface area contributed by atoms with Gasteiger partial charge >= 0.3 is 0 Å². The Bertz CT molecular complexity index is 719. The van der Waals surface area contributed by atoms with E-state index in [1.54, 1.807) is 0 Å². The molecule has 2 heterocycles. The van der Waals surface area contributed by atoms with Crippen molar-refractivity contribution < 1.29 is 9.53 Å². The van der Waals surface area contributed by atoms with Crippen molar-refractivity contribution in [2.75, 3.05) is 13.2 Å². The molecule has 6 heteroatoms. The van der Waals surface area contributed by atoms with Crippen LogP contribution in [0.2, 0.25) is 0 Å². The molecule has 5 nitrogen and oxygen atoms in total. The van der Waals surface area contributed by atoms with Gasteiger partial charge in [0.15, 0.2) is 0 Å². The molecule has 3 rings (SSSR count). The second-order valence-corrected chi connectivity index (χ2v) is 6.98. The Hall–Kier alpha value is -1.66. The number of amides is 1. The summed E-state index contributed by atoms with van der Waals surface area (Å²) >= 11 is 3.54. The lowest BCUT2D eigenvalue weighted by atomic mass is 10.1. The van der Waals surface area contributed by atoms with Gasteiger partial charge in [-0.2, -0.15) is 5.10 Å². The fourth-order valence-corrected chi connectivity index (χ4v) is 3.16.